The normalized spacial score (nSPS) is 20.8. The fourth-order valence-corrected chi connectivity index (χ4v) is 1.15. The second-order valence-corrected chi connectivity index (χ2v) is 3.19. The molecule has 5 nitrogen and oxygen atoms in total. The van der Waals surface area contributed by atoms with Crippen molar-refractivity contribution in [2.45, 2.75) is 19.8 Å². The Balaban J connectivity index is 2.35. The summed E-state index contributed by atoms with van der Waals surface area (Å²) < 4.78 is 0. The van der Waals surface area contributed by atoms with E-state index in [1.807, 2.05) is 0 Å². The monoisotopic (exact) mass is 187 g/mol. The van der Waals surface area contributed by atoms with Crippen molar-refractivity contribution in [3.05, 3.63) is 0 Å². The maximum absolute atomic E-state index is 10.8. The molecule has 13 heavy (non-hydrogen) atoms. The summed E-state index contributed by atoms with van der Waals surface area (Å²) in [6.45, 7) is 2.48. The molecule has 0 aromatic heterocycles. The number of carbonyl (C=O) groups is 2. The maximum atomic E-state index is 10.8. The molecule has 5 heteroatoms. The number of carboxylic acid groups (broad SMARTS) is 1. The highest BCUT2D eigenvalue weighted by Gasteiger charge is 2.22. The number of hydrogen-bond donors (Lipinski definition) is 1. The van der Waals surface area contributed by atoms with Crippen LogP contribution in [0.3, 0.4) is 0 Å². The predicted molar refractivity (Wildman–Crippen MR) is 43.7 cm³/mol. The van der Waals surface area contributed by atoms with Gasteiger partial charge < -0.3 is 9.94 Å². The van der Waals surface area contributed by atoms with Gasteiger partial charge in [0.1, 0.15) is 0 Å². The lowest BCUT2D eigenvalue weighted by Gasteiger charge is -2.26. The second-order valence-electron chi connectivity index (χ2n) is 3.19. The molecule has 0 saturated carbocycles. The molecule has 0 aliphatic carbocycles. The van der Waals surface area contributed by atoms with Crippen LogP contribution in [-0.2, 0) is 14.4 Å². The molecule has 0 spiro atoms. The highest BCUT2D eigenvalue weighted by Crippen LogP contribution is 2.09. The number of hydroxylamine groups is 2. The van der Waals surface area contributed by atoms with E-state index in [0.29, 0.717) is 13.0 Å². The summed E-state index contributed by atoms with van der Waals surface area (Å²) in [6.07, 6.45) is 1.17. The zero-order valence-electron chi connectivity index (χ0n) is 7.52. The van der Waals surface area contributed by atoms with E-state index in [0.717, 1.165) is 6.42 Å². The van der Waals surface area contributed by atoms with E-state index in [4.69, 9.17) is 9.94 Å². The van der Waals surface area contributed by atoms with Crippen LogP contribution >= 0.6 is 0 Å². The van der Waals surface area contributed by atoms with Crippen molar-refractivity contribution in [2.75, 3.05) is 13.1 Å². The van der Waals surface area contributed by atoms with E-state index in [1.54, 1.807) is 6.92 Å². The van der Waals surface area contributed by atoms with Crippen LogP contribution in [0, 0.1) is 5.92 Å². The third kappa shape index (κ3) is 3.02. The van der Waals surface area contributed by atoms with Crippen LogP contribution in [0.1, 0.15) is 19.8 Å². The highest BCUT2D eigenvalue weighted by atomic mass is 16.7. The SMILES string of the molecule is CC(CN1CCCC(=O)O1)C(=O)O. The molecule has 0 aromatic carbocycles. The Morgan fingerprint density at radius 2 is 2.46 bits per heavy atom. The van der Waals surface area contributed by atoms with Gasteiger partial charge in [0.2, 0.25) is 0 Å². The average molecular weight is 187 g/mol. The summed E-state index contributed by atoms with van der Waals surface area (Å²) in [4.78, 5) is 26.1. The summed E-state index contributed by atoms with van der Waals surface area (Å²) in [5.41, 5.74) is 0. The number of nitrogens with zero attached hydrogens (tertiary/aromatic N) is 1. The first-order chi connectivity index (χ1) is 6.09. The molecule has 1 heterocycles. The lowest BCUT2D eigenvalue weighted by Crippen LogP contribution is -2.37. The van der Waals surface area contributed by atoms with Crippen LogP contribution in [0.15, 0.2) is 0 Å². The van der Waals surface area contributed by atoms with Gasteiger partial charge in [-0.2, -0.15) is 0 Å². The zero-order chi connectivity index (χ0) is 9.84. The zero-order valence-corrected chi connectivity index (χ0v) is 7.52. The minimum absolute atomic E-state index is 0.265. The molecule has 1 aliphatic rings. The van der Waals surface area contributed by atoms with Crippen molar-refractivity contribution in [3.63, 3.8) is 0 Å². The first kappa shape index (κ1) is 9.98. The topological polar surface area (TPSA) is 66.8 Å². The number of hydrogen-bond acceptors (Lipinski definition) is 4. The maximum Gasteiger partial charge on any atom is 0.325 e. The van der Waals surface area contributed by atoms with E-state index < -0.39 is 11.9 Å². The van der Waals surface area contributed by atoms with Crippen molar-refractivity contribution in [1.82, 2.24) is 5.06 Å². The largest absolute Gasteiger partial charge is 0.481 e. The molecule has 74 valence electrons. The Hall–Kier alpha value is -1.10. The molecule has 1 N–H and O–H groups in total. The number of rotatable bonds is 3. The van der Waals surface area contributed by atoms with Crippen molar-refractivity contribution < 1.29 is 19.5 Å². The van der Waals surface area contributed by atoms with Crippen molar-refractivity contribution in [1.29, 1.82) is 0 Å². The summed E-state index contributed by atoms with van der Waals surface area (Å²) in [5.74, 6) is -1.66. The molecule has 1 fully saturated rings. The smallest absolute Gasteiger partial charge is 0.325 e. The van der Waals surface area contributed by atoms with Gasteiger partial charge in [-0.3, -0.25) is 9.59 Å². The van der Waals surface area contributed by atoms with Crippen LogP contribution in [0.2, 0.25) is 0 Å². The van der Waals surface area contributed by atoms with Crippen molar-refractivity contribution in [3.8, 4) is 0 Å². The molecule has 0 amide bonds. The van der Waals surface area contributed by atoms with Crippen LogP contribution in [-0.4, -0.2) is 35.2 Å². The van der Waals surface area contributed by atoms with Crippen LogP contribution in [0.25, 0.3) is 0 Å². The van der Waals surface area contributed by atoms with Gasteiger partial charge in [-0.1, -0.05) is 6.92 Å². The predicted octanol–water partition coefficient (Wildman–Crippen LogP) is 0.261. The van der Waals surface area contributed by atoms with Gasteiger partial charge in [0, 0.05) is 19.5 Å². The van der Waals surface area contributed by atoms with Crippen molar-refractivity contribution in [2.24, 2.45) is 5.92 Å². The highest BCUT2D eigenvalue weighted by molar-refractivity contribution is 5.70. The summed E-state index contributed by atoms with van der Waals surface area (Å²) in [7, 11) is 0. The Morgan fingerprint density at radius 3 is 3.00 bits per heavy atom. The molecule has 1 atom stereocenters. The minimum Gasteiger partial charge on any atom is -0.481 e. The molecule has 0 radical (unpaired) electrons. The molecule has 1 unspecified atom stereocenters. The van der Waals surface area contributed by atoms with E-state index in [-0.39, 0.29) is 12.5 Å². The van der Waals surface area contributed by atoms with Gasteiger partial charge >= 0.3 is 11.9 Å². The molecule has 1 aliphatic heterocycles. The van der Waals surface area contributed by atoms with Crippen LogP contribution < -0.4 is 0 Å². The Morgan fingerprint density at radius 1 is 1.77 bits per heavy atom. The summed E-state index contributed by atoms with van der Waals surface area (Å²) >= 11 is 0. The van der Waals surface area contributed by atoms with Gasteiger partial charge in [0.15, 0.2) is 0 Å². The molecular weight excluding hydrogens is 174 g/mol. The summed E-state index contributed by atoms with van der Waals surface area (Å²) in [6, 6.07) is 0. The Kier molecular flexibility index (Phi) is 3.25. The van der Waals surface area contributed by atoms with Gasteiger partial charge in [0.05, 0.1) is 5.92 Å². The lowest BCUT2D eigenvalue weighted by atomic mass is 10.2. The van der Waals surface area contributed by atoms with Crippen LogP contribution in [0.4, 0.5) is 0 Å². The standard InChI is InChI=1S/C8H13NO4/c1-6(8(11)12)5-9-4-2-3-7(10)13-9/h6H,2-5H2,1H3,(H,11,12). The average Bonchev–Trinajstić information content (AvgIpc) is 2.04. The summed E-state index contributed by atoms with van der Waals surface area (Å²) in [5, 5.41) is 10.0. The Bertz CT molecular complexity index is 216. The lowest BCUT2D eigenvalue weighted by molar-refractivity contribution is -0.204. The fourth-order valence-electron chi connectivity index (χ4n) is 1.15. The molecule has 0 bridgehead atoms. The number of carbonyl (C=O) groups excluding carboxylic acids is 1. The first-order valence-electron chi connectivity index (χ1n) is 4.28. The first-order valence-corrected chi connectivity index (χ1v) is 4.28. The van der Waals surface area contributed by atoms with E-state index in [1.165, 1.54) is 5.06 Å². The molecular formula is C8H13NO4. The van der Waals surface area contributed by atoms with Gasteiger partial charge in [-0.15, -0.1) is 5.06 Å². The second kappa shape index (κ2) is 4.23. The third-order valence-electron chi connectivity index (χ3n) is 1.92. The van der Waals surface area contributed by atoms with Crippen LogP contribution in [0.5, 0.6) is 0 Å². The third-order valence-corrected chi connectivity index (χ3v) is 1.92. The minimum atomic E-state index is -0.873. The molecule has 0 aromatic rings. The van der Waals surface area contributed by atoms with E-state index >= 15 is 0 Å². The van der Waals surface area contributed by atoms with Gasteiger partial charge in [-0.05, 0) is 6.42 Å². The van der Waals surface area contributed by atoms with Gasteiger partial charge in [0.25, 0.3) is 0 Å². The van der Waals surface area contributed by atoms with Gasteiger partial charge in [-0.25, -0.2) is 0 Å². The number of aliphatic carboxylic acids is 1. The number of carboxylic acids is 1. The molecule has 1 rings (SSSR count). The molecule has 1 saturated heterocycles. The quantitative estimate of drug-likeness (QED) is 0.686. The van der Waals surface area contributed by atoms with E-state index in [9.17, 15) is 9.59 Å². The Labute approximate surface area is 76.2 Å². The van der Waals surface area contributed by atoms with Crippen molar-refractivity contribution >= 4 is 11.9 Å². The fraction of sp³-hybridized carbons (Fsp3) is 0.750. The van der Waals surface area contributed by atoms with E-state index in [2.05, 4.69) is 0 Å².